The summed E-state index contributed by atoms with van der Waals surface area (Å²) in [6.07, 6.45) is 7.93. The van der Waals surface area contributed by atoms with E-state index in [0.29, 0.717) is 5.41 Å². The lowest BCUT2D eigenvalue weighted by molar-refractivity contribution is 0.0789. The van der Waals surface area contributed by atoms with Crippen LogP contribution in [-0.4, -0.2) is 29.5 Å². The van der Waals surface area contributed by atoms with Crippen LogP contribution in [0.3, 0.4) is 0 Å². The van der Waals surface area contributed by atoms with Crippen molar-refractivity contribution in [3.63, 3.8) is 0 Å². The maximum atomic E-state index is 3.71. The summed E-state index contributed by atoms with van der Waals surface area (Å²) in [6, 6.07) is 8.84. The summed E-state index contributed by atoms with van der Waals surface area (Å²) >= 11 is 0. The van der Waals surface area contributed by atoms with Crippen molar-refractivity contribution in [3.8, 4) is 0 Å². The van der Waals surface area contributed by atoms with Crippen molar-refractivity contribution < 1.29 is 0 Å². The van der Waals surface area contributed by atoms with Crippen LogP contribution in [0.15, 0.2) is 24.3 Å². The number of benzene rings is 1. The van der Waals surface area contributed by atoms with Crippen LogP contribution in [0.1, 0.15) is 43.9 Å². The number of aryl methyl sites for hydroxylation is 1. The molecule has 1 N–H and O–H groups in total. The molecule has 2 atom stereocenters. The number of aromatic amines is 1. The maximum Gasteiger partial charge on any atom is 0.0458 e. The lowest BCUT2D eigenvalue weighted by atomic mass is 9.74. The number of para-hydroxylation sites is 1. The zero-order valence-corrected chi connectivity index (χ0v) is 13.1. The molecule has 1 aromatic carbocycles. The molecular formula is C19H26N2. The van der Waals surface area contributed by atoms with Crippen molar-refractivity contribution in [2.24, 2.45) is 5.41 Å². The fourth-order valence-electron chi connectivity index (χ4n) is 4.59. The topological polar surface area (TPSA) is 19.0 Å². The van der Waals surface area contributed by atoms with E-state index in [1.165, 1.54) is 74.8 Å². The van der Waals surface area contributed by atoms with Gasteiger partial charge in [-0.2, -0.15) is 0 Å². The van der Waals surface area contributed by atoms with E-state index in [0.717, 1.165) is 0 Å². The van der Waals surface area contributed by atoms with Crippen LogP contribution in [0.4, 0.5) is 0 Å². The van der Waals surface area contributed by atoms with E-state index in [1.807, 2.05) is 0 Å². The van der Waals surface area contributed by atoms with E-state index in [4.69, 9.17) is 0 Å². The minimum atomic E-state index is 0.567. The van der Waals surface area contributed by atoms with Gasteiger partial charge in [0.1, 0.15) is 0 Å². The molecule has 21 heavy (non-hydrogen) atoms. The molecule has 1 fully saturated rings. The Hall–Kier alpha value is -1.28. The first-order valence-electron chi connectivity index (χ1n) is 8.60. The number of hydrogen-bond acceptors (Lipinski definition) is 1. The minimum absolute atomic E-state index is 0.567. The molecular weight excluding hydrogens is 256 g/mol. The lowest BCUT2D eigenvalue weighted by Gasteiger charge is -2.42. The molecule has 0 spiro atoms. The van der Waals surface area contributed by atoms with Crippen molar-refractivity contribution in [2.75, 3.05) is 19.6 Å². The first-order valence-corrected chi connectivity index (χ1v) is 8.60. The Balaban J connectivity index is 1.75. The van der Waals surface area contributed by atoms with Gasteiger partial charge in [-0.1, -0.05) is 25.1 Å². The number of piperidine rings is 1. The average molecular weight is 282 g/mol. The predicted octanol–water partition coefficient (Wildman–Crippen LogP) is 4.15. The molecule has 0 saturated carbocycles. The summed E-state index contributed by atoms with van der Waals surface area (Å²) in [6.45, 7) is 6.26. The van der Waals surface area contributed by atoms with Gasteiger partial charge in [0.05, 0.1) is 0 Å². The zero-order chi connectivity index (χ0) is 14.3. The largest absolute Gasteiger partial charge is 0.358 e. The van der Waals surface area contributed by atoms with Gasteiger partial charge in [-0.15, -0.1) is 0 Å². The van der Waals surface area contributed by atoms with Gasteiger partial charge < -0.3 is 9.88 Å². The van der Waals surface area contributed by atoms with Crippen LogP contribution in [0, 0.1) is 5.41 Å². The third-order valence-electron chi connectivity index (χ3n) is 5.98. The Labute approximate surface area is 127 Å². The molecule has 1 saturated heterocycles. The van der Waals surface area contributed by atoms with Gasteiger partial charge in [-0.05, 0) is 62.1 Å². The Bertz CT molecular complexity index is 642. The second kappa shape index (κ2) is 5.17. The molecule has 0 amide bonds. The summed E-state index contributed by atoms with van der Waals surface area (Å²) in [7, 11) is 0. The number of hydrogen-bond donors (Lipinski definition) is 1. The molecule has 2 aromatic rings. The number of nitrogens with zero attached hydrogens (tertiary/aromatic N) is 1. The van der Waals surface area contributed by atoms with Gasteiger partial charge in [0.15, 0.2) is 0 Å². The van der Waals surface area contributed by atoms with Crippen molar-refractivity contribution in [3.05, 3.63) is 35.5 Å². The number of nitrogens with one attached hydrogen (secondary N) is 1. The number of fused-ring (bicyclic) bond motifs is 5. The van der Waals surface area contributed by atoms with E-state index in [2.05, 4.69) is 41.1 Å². The molecule has 1 aromatic heterocycles. The first kappa shape index (κ1) is 13.4. The predicted molar refractivity (Wildman–Crippen MR) is 88.7 cm³/mol. The van der Waals surface area contributed by atoms with Crippen LogP contribution in [-0.2, 0) is 12.8 Å². The second-order valence-corrected chi connectivity index (χ2v) is 7.11. The van der Waals surface area contributed by atoms with Crippen LogP contribution in [0.2, 0.25) is 0 Å². The van der Waals surface area contributed by atoms with Crippen molar-refractivity contribution in [2.45, 2.75) is 45.4 Å². The maximum absolute atomic E-state index is 3.71. The number of H-pyrrole nitrogens is 1. The van der Waals surface area contributed by atoms with E-state index in [-0.39, 0.29) is 0 Å². The molecule has 112 valence electrons. The van der Waals surface area contributed by atoms with E-state index >= 15 is 0 Å². The van der Waals surface area contributed by atoms with Crippen LogP contribution < -0.4 is 0 Å². The second-order valence-electron chi connectivity index (χ2n) is 7.11. The van der Waals surface area contributed by atoms with Gasteiger partial charge in [-0.3, -0.25) is 0 Å². The highest BCUT2D eigenvalue weighted by Crippen LogP contribution is 2.39. The molecule has 2 bridgehead atoms. The SMILES string of the molecule is CC[C@]12CCCN(CCc3c([nH]c4ccccc34)CC1)C2. The van der Waals surface area contributed by atoms with Crippen LogP contribution in [0.25, 0.3) is 10.9 Å². The quantitative estimate of drug-likeness (QED) is 0.832. The van der Waals surface area contributed by atoms with E-state index < -0.39 is 0 Å². The van der Waals surface area contributed by atoms with Crippen molar-refractivity contribution >= 4 is 10.9 Å². The monoisotopic (exact) mass is 282 g/mol. The average Bonchev–Trinajstić information content (AvgIpc) is 2.90. The number of aromatic nitrogens is 1. The normalized spacial score (nSPS) is 29.5. The molecule has 2 nitrogen and oxygen atoms in total. The summed E-state index contributed by atoms with van der Waals surface area (Å²) in [5.74, 6) is 0. The molecule has 1 unspecified atom stereocenters. The third kappa shape index (κ3) is 2.30. The molecule has 3 heterocycles. The molecule has 4 rings (SSSR count). The van der Waals surface area contributed by atoms with E-state index in [9.17, 15) is 0 Å². The van der Waals surface area contributed by atoms with Crippen molar-refractivity contribution in [1.29, 1.82) is 0 Å². The highest BCUT2D eigenvalue weighted by atomic mass is 15.1. The van der Waals surface area contributed by atoms with Crippen molar-refractivity contribution in [1.82, 2.24) is 9.88 Å². The zero-order valence-electron chi connectivity index (χ0n) is 13.1. The van der Waals surface area contributed by atoms with Gasteiger partial charge >= 0.3 is 0 Å². The Morgan fingerprint density at radius 2 is 2.05 bits per heavy atom. The highest BCUT2D eigenvalue weighted by molar-refractivity contribution is 5.84. The molecule has 2 heteroatoms. The number of rotatable bonds is 1. The Kier molecular flexibility index (Phi) is 3.30. The standard InChI is InChI=1S/C19H26N2/c1-2-19-10-5-12-21(14-19)13-9-16-15-6-3-4-7-17(15)20-18(16)8-11-19/h3-4,6-7,20H,2,5,8-14H2,1H3/t19-/m0/s1. The van der Waals surface area contributed by atoms with E-state index in [1.54, 1.807) is 5.56 Å². The lowest BCUT2D eigenvalue weighted by Crippen LogP contribution is -2.43. The van der Waals surface area contributed by atoms with Gasteiger partial charge in [-0.25, -0.2) is 0 Å². The van der Waals surface area contributed by atoms with Gasteiger partial charge in [0.2, 0.25) is 0 Å². The molecule has 0 aliphatic carbocycles. The summed E-state index contributed by atoms with van der Waals surface area (Å²) in [4.78, 5) is 6.44. The van der Waals surface area contributed by atoms with Gasteiger partial charge in [0, 0.05) is 29.7 Å². The fourth-order valence-corrected chi connectivity index (χ4v) is 4.59. The van der Waals surface area contributed by atoms with Gasteiger partial charge in [0.25, 0.3) is 0 Å². The minimum Gasteiger partial charge on any atom is -0.358 e. The smallest absolute Gasteiger partial charge is 0.0458 e. The Morgan fingerprint density at radius 1 is 1.14 bits per heavy atom. The van der Waals surface area contributed by atoms with Crippen LogP contribution >= 0.6 is 0 Å². The summed E-state index contributed by atoms with van der Waals surface area (Å²) in [5, 5.41) is 1.45. The molecule has 0 radical (unpaired) electrons. The fraction of sp³-hybridized carbons (Fsp3) is 0.579. The molecule has 2 aliphatic heterocycles. The summed E-state index contributed by atoms with van der Waals surface area (Å²) < 4.78 is 0. The third-order valence-corrected chi connectivity index (χ3v) is 5.98. The first-order chi connectivity index (χ1) is 10.3. The highest BCUT2D eigenvalue weighted by Gasteiger charge is 2.34. The van der Waals surface area contributed by atoms with Crippen LogP contribution in [0.5, 0.6) is 0 Å². The Morgan fingerprint density at radius 3 is 2.95 bits per heavy atom. The molecule has 2 aliphatic rings. The summed E-state index contributed by atoms with van der Waals surface area (Å²) in [5.41, 5.74) is 4.99.